The Bertz CT molecular complexity index is 511. The molecule has 18 heavy (non-hydrogen) atoms. The number of halogens is 1. The minimum atomic E-state index is 0.307. The number of benzene rings is 1. The second-order valence-corrected chi connectivity index (χ2v) is 5.17. The zero-order valence-electron chi connectivity index (χ0n) is 10.7. The summed E-state index contributed by atoms with van der Waals surface area (Å²) in [5.74, 6) is 0. The van der Waals surface area contributed by atoms with E-state index in [9.17, 15) is 0 Å². The van der Waals surface area contributed by atoms with E-state index in [1.807, 2.05) is 19.4 Å². The fourth-order valence-electron chi connectivity index (χ4n) is 2.06. The van der Waals surface area contributed by atoms with E-state index in [4.69, 9.17) is 0 Å². The van der Waals surface area contributed by atoms with Crippen LogP contribution >= 0.6 is 15.9 Å². The third-order valence-electron chi connectivity index (χ3n) is 3.13. The summed E-state index contributed by atoms with van der Waals surface area (Å²) in [7, 11) is 2.00. The van der Waals surface area contributed by atoms with Crippen molar-refractivity contribution in [3.05, 3.63) is 63.9 Å². The average molecular weight is 305 g/mol. The lowest BCUT2D eigenvalue weighted by Crippen LogP contribution is -2.19. The van der Waals surface area contributed by atoms with E-state index in [0.717, 1.165) is 6.42 Å². The fraction of sp³-hybridized carbons (Fsp3) is 0.267. The van der Waals surface area contributed by atoms with Crippen molar-refractivity contribution in [3.8, 4) is 0 Å². The Morgan fingerprint density at radius 2 is 1.94 bits per heavy atom. The van der Waals surface area contributed by atoms with Crippen molar-refractivity contribution >= 4 is 15.9 Å². The second-order valence-electron chi connectivity index (χ2n) is 4.38. The second kappa shape index (κ2) is 6.12. The maximum Gasteiger partial charge on any atom is 0.0369 e. The number of hydrogen-bond acceptors (Lipinski definition) is 2. The van der Waals surface area contributed by atoms with Gasteiger partial charge < -0.3 is 5.32 Å². The van der Waals surface area contributed by atoms with Gasteiger partial charge in [0.1, 0.15) is 0 Å². The van der Waals surface area contributed by atoms with Crippen molar-refractivity contribution in [3.63, 3.8) is 0 Å². The van der Waals surface area contributed by atoms with Crippen molar-refractivity contribution in [1.82, 2.24) is 10.3 Å². The van der Waals surface area contributed by atoms with Crippen LogP contribution in [-0.4, -0.2) is 12.0 Å². The highest BCUT2D eigenvalue weighted by Gasteiger charge is 2.14. The molecule has 0 radical (unpaired) electrons. The van der Waals surface area contributed by atoms with Gasteiger partial charge in [-0.3, -0.25) is 4.98 Å². The highest BCUT2D eigenvalue weighted by atomic mass is 79.9. The molecular weight excluding hydrogens is 288 g/mol. The summed E-state index contributed by atoms with van der Waals surface area (Å²) >= 11 is 3.68. The van der Waals surface area contributed by atoms with Crippen LogP contribution in [0.2, 0.25) is 0 Å². The number of rotatable bonds is 4. The minimum absolute atomic E-state index is 0.307. The molecule has 0 saturated heterocycles. The lowest BCUT2D eigenvalue weighted by Gasteiger charge is -2.19. The molecule has 2 nitrogen and oxygen atoms in total. The Labute approximate surface area is 117 Å². The van der Waals surface area contributed by atoms with Crippen molar-refractivity contribution in [2.75, 3.05) is 7.05 Å². The van der Waals surface area contributed by atoms with Crippen molar-refractivity contribution in [1.29, 1.82) is 0 Å². The minimum Gasteiger partial charge on any atom is -0.313 e. The highest BCUT2D eigenvalue weighted by Crippen LogP contribution is 2.28. The zero-order chi connectivity index (χ0) is 13.0. The lowest BCUT2D eigenvalue weighted by molar-refractivity contribution is 0.589. The van der Waals surface area contributed by atoms with E-state index in [1.54, 1.807) is 0 Å². The smallest absolute Gasteiger partial charge is 0.0369 e. The first-order valence-electron chi connectivity index (χ1n) is 6.03. The van der Waals surface area contributed by atoms with Crippen LogP contribution in [0.25, 0.3) is 0 Å². The zero-order valence-corrected chi connectivity index (χ0v) is 12.2. The van der Waals surface area contributed by atoms with Gasteiger partial charge in [-0.15, -0.1) is 0 Å². The van der Waals surface area contributed by atoms with Gasteiger partial charge >= 0.3 is 0 Å². The van der Waals surface area contributed by atoms with E-state index >= 15 is 0 Å². The van der Waals surface area contributed by atoms with Crippen LogP contribution < -0.4 is 5.32 Å². The summed E-state index contributed by atoms with van der Waals surface area (Å²) in [6, 6.07) is 10.8. The Kier molecular flexibility index (Phi) is 4.50. The molecule has 0 spiro atoms. The normalized spacial score (nSPS) is 12.4. The lowest BCUT2D eigenvalue weighted by atomic mass is 9.98. The average Bonchev–Trinajstić information content (AvgIpc) is 2.41. The Morgan fingerprint density at radius 3 is 2.61 bits per heavy atom. The third-order valence-corrected chi connectivity index (χ3v) is 4.22. The molecule has 0 saturated carbocycles. The van der Waals surface area contributed by atoms with Gasteiger partial charge in [0.2, 0.25) is 0 Å². The van der Waals surface area contributed by atoms with Gasteiger partial charge in [0, 0.05) is 22.9 Å². The number of aryl methyl sites for hydroxylation is 1. The quantitative estimate of drug-likeness (QED) is 0.932. The van der Waals surface area contributed by atoms with Crippen LogP contribution in [-0.2, 0) is 6.42 Å². The number of likely N-dealkylation sites (N-methyl/N-ethyl adjacent to an activating group) is 1. The van der Waals surface area contributed by atoms with E-state index in [-0.39, 0.29) is 0 Å². The maximum absolute atomic E-state index is 4.05. The van der Waals surface area contributed by atoms with Crippen molar-refractivity contribution in [2.45, 2.75) is 19.4 Å². The van der Waals surface area contributed by atoms with Gasteiger partial charge in [-0.1, -0.05) is 34.1 Å². The molecule has 1 unspecified atom stereocenters. The Hall–Kier alpha value is -1.19. The first kappa shape index (κ1) is 13.2. The first-order valence-corrected chi connectivity index (χ1v) is 6.83. The van der Waals surface area contributed by atoms with E-state index in [2.05, 4.69) is 63.5 Å². The molecule has 0 aliphatic heterocycles. The number of hydrogen-bond donors (Lipinski definition) is 1. The maximum atomic E-state index is 4.05. The largest absolute Gasteiger partial charge is 0.313 e. The summed E-state index contributed by atoms with van der Waals surface area (Å²) < 4.78 is 1.19. The van der Waals surface area contributed by atoms with E-state index in [0.29, 0.717) is 6.04 Å². The van der Waals surface area contributed by atoms with E-state index in [1.165, 1.54) is 21.2 Å². The van der Waals surface area contributed by atoms with Gasteiger partial charge in [0.15, 0.2) is 0 Å². The first-order chi connectivity index (χ1) is 8.72. The molecule has 2 rings (SSSR count). The molecule has 2 aromatic rings. The van der Waals surface area contributed by atoms with Crippen LogP contribution in [0.4, 0.5) is 0 Å². The van der Waals surface area contributed by atoms with Crippen LogP contribution in [0.1, 0.15) is 22.7 Å². The summed E-state index contributed by atoms with van der Waals surface area (Å²) in [6.45, 7) is 2.12. The standard InChI is InChI=1S/C15H17BrN2/c1-11-4-3-5-13(15(11)16)14(17-2)10-12-6-8-18-9-7-12/h3-9,14,17H,10H2,1-2H3. The molecule has 0 aliphatic rings. The van der Waals surface area contributed by atoms with Crippen LogP contribution in [0.15, 0.2) is 47.2 Å². The Balaban J connectivity index is 2.26. The van der Waals surface area contributed by atoms with Crippen LogP contribution in [0.3, 0.4) is 0 Å². The monoisotopic (exact) mass is 304 g/mol. The fourth-order valence-corrected chi connectivity index (χ4v) is 2.60. The van der Waals surface area contributed by atoms with Gasteiger partial charge in [0.05, 0.1) is 0 Å². The summed E-state index contributed by atoms with van der Waals surface area (Å²) in [4.78, 5) is 4.05. The van der Waals surface area contributed by atoms with Gasteiger partial charge in [-0.05, 0) is 49.2 Å². The highest BCUT2D eigenvalue weighted by molar-refractivity contribution is 9.10. The molecule has 0 fully saturated rings. The number of nitrogens with one attached hydrogen (secondary N) is 1. The molecular formula is C15H17BrN2. The summed E-state index contributed by atoms with van der Waals surface area (Å²) in [5, 5.41) is 3.38. The molecule has 94 valence electrons. The van der Waals surface area contributed by atoms with Crippen molar-refractivity contribution in [2.24, 2.45) is 0 Å². The number of nitrogens with zero attached hydrogens (tertiary/aromatic N) is 1. The molecule has 0 aliphatic carbocycles. The molecule has 1 N–H and O–H groups in total. The molecule has 1 aromatic carbocycles. The summed E-state index contributed by atoms with van der Waals surface area (Å²) in [5.41, 5.74) is 3.86. The predicted octanol–water partition coefficient (Wildman–Crippen LogP) is 3.66. The molecule has 1 heterocycles. The predicted molar refractivity (Wildman–Crippen MR) is 78.6 cm³/mol. The van der Waals surface area contributed by atoms with Gasteiger partial charge in [0.25, 0.3) is 0 Å². The van der Waals surface area contributed by atoms with Gasteiger partial charge in [-0.2, -0.15) is 0 Å². The molecule has 1 aromatic heterocycles. The number of aromatic nitrogens is 1. The SMILES string of the molecule is CNC(Cc1ccncc1)c1cccc(C)c1Br. The third kappa shape index (κ3) is 2.98. The van der Waals surface area contributed by atoms with Crippen molar-refractivity contribution < 1.29 is 0 Å². The molecule has 0 amide bonds. The van der Waals surface area contributed by atoms with Gasteiger partial charge in [-0.25, -0.2) is 0 Å². The molecule has 1 atom stereocenters. The Morgan fingerprint density at radius 1 is 1.22 bits per heavy atom. The van der Waals surface area contributed by atoms with Crippen LogP contribution in [0, 0.1) is 6.92 Å². The molecule has 0 bridgehead atoms. The number of pyridine rings is 1. The molecule has 3 heteroatoms. The topological polar surface area (TPSA) is 24.9 Å². The van der Waals surface area contributed by atoms with Crippen LogP contribution in [0.5, 0.6) is 0 Å². The van der Waals surface area contributed by atoms with E-state index < -0.39 is 0 Å². The summed E-state index contributed by atoms with van der Waals surface area (Å²) in [6.07, 6.45) is 4.64.